The summed E-state index contributed by atoms with van der Waals surface area (Å²) in [5.41, 5.74) is 0.973. The van der Waals surface area contributed by atoms with Gasteiger partial charge in [0.05, 0.1) is 6.04 Å². The number of terminal acetylenes is 1. The van der Waals surface area contributed by atoms with Crippen molar-refractivity contribution in [3.05, 3.63) is 49.1 Å². The Morgan fingerprint density at radius 2 is 1.59 bits per heavy atom. The normalized spacial score (nSPS) is 17.5. The van der Waals surface area contributed by atoms with Gasteiger partial charge in [-0.3, -0.25) is 19.2 Å². The van der Waals surface area contributed by atoms with Gasteiger partial charge in [-0.2, -0.15) is 0 Å². The summed E-state index contributed by atoms with van der Waals surface area (Å²) < 4.78 is 0. The van der Waals surface area contributed by atoms with Crippen molar-refractivity contribution in [2.45, 2.75) is 145 Å². The van der Waals surface area contributed by atoms with E-state index in [2.05, 4.69) is 92.1 Å². The molecule has 2 heterocycles. The topological polar surface area (TPSA) is 189 Å². The van der Waals surface area contributed by atoms with E-state index in [0.717, 1.165) is 44.6 Å². The Labute approximate surface area is 368 Å². The molecule has 0 aliphatic carbocycles. The molecule has 2 aliphatic heterocycles. The molecule has 0 spiro atoms. The molecule has 14 nitrogen and oxygen atoms in total. The summed E-state index contributed by atoms with van der Waals surface area (Å²) in [4.78, 5) is 70.9. The number of piperidine rings is 1. The first kappa shape index (κ1) is 58.2. The first-order chi connectivity index (χ1) is 28.4. The Morgan fingerprint density at radius 3 is 2.02 bits per heavy atom. The van der Waals surface area contributed by atoms with Crippen molar-refractivity contribution in [1.82, 2.24) is 36.4 Å². The van der Waals surface area contributed by atoms with Gasteiger partial charge in [0.25, 0.3) is 0 Å². The Bertz CT molecular complexity index is 1450. The van der Waals surface area contributed by atoms with Crippen molar-refractivity contribution in [2.75, 3.05) is 39.3 Å². The molecule has 0 aromatic heterocycles. The monoisotopic (exact) mass is 856 g/mol. The van der Waals surface area contributed by atoms with E-state index in [1.807, 2.05) is 56.9 Å². The second-order valence-electron chi connectivity index (χ2n) is 18.5. The number of nitrogens with zero attached hydrogens (tertiary/aromatic N) is 2. The Hall–Kier alpha value is -4.90. The summed E-state index contributed by atoms with van der Waals surface area (Å²) in [6.07, 6.45) is 20.5. The average molecular weight is 856 g/mol. The molecule has 61 heavy (non-hydrogen) atoms. The van der Waals surface area contributed by atoms with Crippen LogP contribution in [0.4, 0.5) is 9.59 Å². The number of allylic oxidation sites excluding steroid dienone is 4. The molecule has 2 aliphatic rings. The Kier molecular flexibility index (Phi) is 29.6. The highest BCUT2D eigenvalue weighted by molar-refractivity contribution is 5.88. The third-order valence-electron chi connectivity index (χ3n) is 10.1. The molecular formula is C47H81N7O7. The van der Waals surface area contributed by atoms with E-state index < -0.39 is 18.2 Å². The quantitative estimate of drug-likeness (QED) is 0.0292. The summed E-state index contributed by atoms with van der Waals surface area (Å²) in [5, 5.41) is 21.6. The lowest BCUT2D eigenvalue weighted by molar-refractivity contribution is -0.136. The predicted molar refractivity (Wildman–Crippen MR) is 248 cm³/mol. The van der Waals surface area contributed by atoms with Crippen molar-refractivity contribution >= 4 is 36.6 Å². The summed E-state index contributed by atoms with van der Waals surface area (Å²) in [5.74, 6) is 2.38. The maximum atomic E-state index is 13.3. The van der Waals surface area contributed by atoms with Gasteiger partial charge < -0.3 is 41.5 Å². The van der Waals surface area contributed by atoms with Gasteiger partial charge in [-0.05, 0) is 88.6 Å². The average Bonchev–Trinajstić information content (AvgIpc) is 3.59. The van der Waals surface area contributed by atoms with Crippen LogP contribution in [0.1, 0.15) is 121 Å². The highest BCUT2D eigenvalue weighted by atomic mass is 16.4. The van der Waals surface area contributed by atoms with Gasteiger partial charge in [0.2, 0.25) is 18.7 Å². The van der Waals surface area contributed by atoms with Gasteiger partial charge in [0, 0.05) is 44.7 Å². The van der Waals surface area contributed by atoms with Gasteiger partial charge in [0.1, 0.15) is 6.04 Å². The molecule has 0 radical (unpaired) electrons. The van der Waals surface area contributed by atoms with Crippen LogP contribution in [0.15, 0.2) is 49.1 Å². The maximum Gasteiger partial charge on any atom is 0.404 e. The van der Waals surface area contributed by atoms with Crippen molar-refractivity contribution < 1.29 is 33.9 Å². The number of nitrogens with one attached hydrogen (secondary N) is 5. The number of ketones is 1. The summed E-state index contributed by atoms with van der Waals surface area (Å²) in [6, 6.07) is -0.937. The zero-order valence-corrected chi connectivity index (χ0v) is 39.3. The number of Topliss-reactive ketones (excluding diaryl/α,β-unsaturated/α-hetero) is 1. The van der Waals surface area contributed by atoms with E-state index in [4.69, 9.17) is 11.5 Å². The molecular weight excluding hydrogens is 775 g/mol. The number of amides is 6. The lowest BCUT2D eigenvalue weighted by atomic mass is 9.81. The summed E-state index contributed by atoms with van der Waals surface area (Å²) in [7, 11) is 0. The van der Waals surface area contributed by atoms with Crippen LogP contribution < -0.4 is 26.6 Å². The minimum Gasteiger partial charge on any atom is -0.465 e. The van der Waals surface area contributed by atoms with Gasteiger partial charge >= 0.3 is 12.1 Å². The number of hydrogen-bond donors (Lipinski definition) is 6. The number of carbonyl (C=O) groups excluding carboxylic acids is 5. The van der Waals surface area contributed by atoms with E-state index in [-0.39, 0.29) is 40.6 Å². The molecule has 0 saturated carbocycles. The molecule has 4 unspecified atom stereocenters. The van der Waals surface area contributed by atoms with Crippen molar-refractivity contribution in [2.24, 2.45) is 16.2 Å². The molecule has 2 fully saturated rings. The lowest BCUT2D eigenvalue weighted by Crippen LogP contribution is -2.60. The van der Waals surface area contributed by atoms with E-state index >= 15 is 0 Å². The van der Waals surface area contributed by atoms with Gasteiger partial charge in [-0.15, -0.1) is 18.9 Å². The molecule has 4 atom stereocenters. The van der Waals surface area contributed by atoms with Crippen LogP contribution in [-0.2, 0) is 19.2 Å². The molecule has 2 rings (SSSR count). The van der Waals surface area contributed by atoms with Crippen LogP contribution in [0, 0.1) is 28.6 Å². The summed E-state index contributed by atoms with van der Waals surface area (Å²) in [6.45, 7) is 34.5. The van der Waals surface area contributed by atoms with Gasteiger partial charge in [0.15, 0.2) is 5.78 Å². The Balaban J connectivity index is 0. The fraction of sp³-hybridized carbons (Fsp3) is 0.660. The van der Waals surface area contributed by atoms with Crippen molar-refractivity contribution in [3.63, 3.8) is 0 Å². The standard InChI is InChI=1S/C25H48N4O2.C10H15NO2.C8H11NO2.C4H7NO/c1-18-11-10-14-29(18)21(30)20(24(5,6)7)27-22(31)26-19(23(2,3)4)17-28-15-12-25(8,9)13-16-28;1-9(2)7-5-3-4-6-8-11-10(12)13;1-3-4-5-8(7(2)11)9-6-10;1-2-3-5-4-6/h18-20H,10-17H2,1-9H3,(H2,26,27,31);3-5,7,11H,1,6,8H2,2H3,(H,12,13);1,6,8H,4-5H2,2H3,(H,9,10);2,4H,1,3H2,(H,5,6)/b;4-3-,7-5-;;. The third-order valence-corrected chi connectivity index (χ3v) is 10.1. The van der Waals surface area contributed by atoms with Gasteiger partial charge in [-0.25, -0.2) is 9.59 Å². The van der Waals surface area contributed by atoms with E-state index in [1.165, 1.54) is 19.8 Å². The van der Waals surface area contributed by atoms with Crippen LogP contribution in [0.3, 0.4) is 0 Å². The van der Waals surface area contributed by atoms with E-state index in [1.54, 1.807) is 6.08 Å². The first-order valence-corrected chi connectivity index (χ1v) is 21.3. The molecule has 0 bridgehead atoms. The SMILES string of the molecule is C#CCCC(NC=O)C(C)=O.C=C(C)/C=C\C=C/CCNC(=O)O.C=CCNC=O.CC1CCCN1C(=O)C(NC(=O)NC(CN1CCC(C)(C)CC1)C(C)(C)C)C(C)(C)C. The zero-order chi connectivity index (χ0) is 47.2. The maximum absolute atomic E-state index is 13.3. The fourth-order valence-electron chi connectivity index (χ4n) is 6.04. The molecule has 2 saturated heterocycles. The number of rotatable bonds is 18. The molecule has 6 N–H and O–H groups in total. The van der Waals surface area contributed by atoms with E-state index in [0.29, 0.717) is 50.6 Å². The van der Waals surface area contributed by atoms with Crippen LogP contribution in [0.5, 0.6) is 0 Å². The molecule has 346 valence electrons. The van der Waals surface area contributed by atoms with Crippen LogP contribution >= 0.6 is 0 Å². The number of likely N-dealkylation sites (tertiary alicyclic amines) is 2. The number of carboxylic acid groups (broad SMARTS) is 1. The second kappa shape index (κ2) is 31.0. The van der Waals surface area contributed by atoms with Crippen molar-refractivity contribution in [1.29, 1.82) is 0 Å². The first-order valence-electron chi connectivity index (χ1n) is 21.3. The number of urea groups is 1. The highest BCUT2D eigenvalue weighted by Gasteiger charge is 2.39. The van der Waals surface area contributed by atoms with Crippen molar-refractivity contribution in [3.8, 4) is 12.3 Å². The van der Waals surface area contributed by atoms with Crippen LogP contribution in [-0.4, -0.2) is 115 Å². The highest BCUT2D eigenvalue weighted by Crippen LogP contribution is 2.31. The fourth-order valence-corrected chi connectivity index (χ4v) is 6.04. The zero-order valence-electron chi connectivity index (χ0n) is 39.3. The van der Waals surface area contributed by atoms with Crippen LogP contribution in [0.2, 0.25) is 0 Å². The smallest absolute Gasteiger partial charge is 0.404 e. The summed E-state index contributed by atoms with van der Waals surface area (Å²) >= 11 is 0. The van der Waals surface area contributed by atoms with Crippen LogP contribution in [0.25, 0.3) is 0 Å². The number of carbonyl (C=O) groups is 6. The lowest BCUT2D eigenvalue weighted by Gasteiger charge is -2.41. The minimum atomic E-state index is -0.981. The largest absolute Gasteiger partial charge is 0.465 e. The molecule has 0 aromatic rings. The third kappa shape index (κ3) is 29.1. The number of hydrogen-bond acceptors (Lipinski definition) is 7. The minimum absolute atomic E-state index is 0.00939. The van der Waals surface area contributed by atoms with E-state index in [9.17, 15) is 28.8 Å². The Morgan fingerprint density at radius 1 is 0.967 bits per heavy atom. The second-order valence-corrected chi connectivity index (χ2v) is 18.5. The molecule has 14 heteroatoms. The molecule has 0 aromatic carbocycles. The van der Waals surface area contributed by atoms with Gasteiger partial charge in [-0.1, -0.05) is 97.9 Å². The molecule has 6 amide bonds. The predicted octanol–water partition coefficient (Wildman–Crippen LogP) is 6.60.